The lowest BCUT2D eigenvalue weighted by Crippen LogP contribution is -2.06. The number of aromatic nitrogens is 2. The van der Waals surface area contributed by atoms with E-state index in [0.717, 1.165) is 31.6 Å². The first-order chi connectivity index (χ1) is 6.75. The van der Waals surface area contributed by atoms with Crippen LogP contribution in [0.25, 0.3) is 0 Å². The van der Waals surface area contributed by atoms with Crippen molar-refractivity contribution in [3.8, 4) is 0 Å². The van der Waals surface area contributed by atoms with Gasteiger partial charge in [-0.25, -0.2) is 0 Å². The van der Waals surface area contributed by atoms with Crippen LogP contribution in [0.1, 0.15) is 24.5 Å². The van der Waals surface area contributed by atoms with Gasteiger partial charge in [-0.15, -0.1) is 0 Å². The van der Waals surface area contributed by atoms with Crippen molar-refractivity contribution in [3.05, 3.63) is 18.0 Å². The lowest BCUT2D eigenvalue weighted by Gasteiger charge is -2.12. The van der Waals surface area contributed by atoms with Crippen LogP contribution in [0.5, 0.6) is 0 Å². The Morgan fingerprint density at radius 2 is 2.64 bits per heavy atom. The smallest absolute Gasteiger partial charge is 0.0824 e. The molecule has 0 spiro atoms. The summed E-state index contributed by atoms with van der Waals surface area (Å²) in [7, 11) is 1.86. The summed E-state index contributed by atoms with van der Waals surface area (Å²) in [4.78, 5) is 0. The molecule has 0 aromatic carbocycles. The Labute approximate surface area is 83.5 Å². The highest BCUT2D eigenvalue weighted by Crippen LogP contribution is 2.25. The third kappa shape index (κ3) is 2.13. The van der Waals surface area contributed by atoms with Crippen LogP contribution in [0.4, 0.5) is 0 Å². The summed E-state index contributed by atoms with van der Waals surface area (Å²) in [6, 6.07) is 0. The Bertz CT molecular complexity index is 292. The Hall–Kier alpha value is -0.870. The fraction of sp³-hybridized carbons (Fsp3) is 0.700. The van der Waals surface area contributed by atoms with Crippen molar-refractivity contribution in [1.82, 2.24) is 9.78 Å². The van der Waals surface area contributed by atoms with E-state index >= 15 is 0 Å². The monoisotopic (exact) mass is 196 g/mol. The molecule has 14 heavy (non-hydrogen) atoms. The zero-order valence-corrected chi connectivity index (χ0v) is 8.39. The van der Waals surface area contributed by atoms with Crippen LogP contribution < -0.4 is 0 Å². The summed E-state index contributed by atoms with van der Waals surface area (Å²) in [6.07, 6.45) is 5.04. The van der Waals surface area contributed by atoms with Crippen molar-refractivity contribution in [2.45, 2.75) is 18.9 Å². The SMILES string of the molecule is Cn1cc(C(O)CC2CCOC2)cn1. The molecule has 2 unspecified atom stereocenters. The standard InChI is InChI=1S/C10H16N2O2/c1-12-6-9(5-11-12)10(13)4-8-2-3-14-7-8/h5-6,8,10,13H,2-4,7H2,1H3. The number of nitrogens with zero attached hydrogens (tertiary/aromatic N) is 2. The van der Waals surface area contributed by atoms with Crippen molar-refractivity contribution in [1.29, 1.82) is 0 Å². The number of rotatable bonds is 3. The minimum atomic E-state index is -0.393. The number of aryl methyl sites for hydroxylation is 1. The molecule has 1 aromatic rings. The molecule has 2 atom stereocenters. The lowest BCUT2D eigenvalue weighted by molar-refractivity contribution is 0.129. The van der Waals surface area contributed by atoms with Gasteiger partial charge in [-0.05, 0) is 18.8 Å². The molecule has 1 N–H and O–H groups in total. The van der Waals surface area contributed by atoms with Gasteiger partial charge in [0, 0.05) is 32.0 Å². The Kier molecular flexibility index (Phi) is 2.84. The first kappa shape index (κ1) is 9.68. The van der Waals surface area contributed by atoms with E-state index in [0.29, 0.717) is 5.92 Å². The zero-order valence-electron chi connectivity index (χ0n) is 8.39. The average molecular weight is 196 g/mol. The van der Waals surface area contributed by atoms with Gasteiger partial charge < -0.3 is 9.84 Å². The van der Waals surface area contributed by atoms with E-state index in [1.807, 2.05) is 13.2 Å². The summed E-state index contributed by atoms with van der Waals surface area (Å²) < 4.78 is 6.98. The van der Waals surface area contributed by atoms with Crippen molar-refractivity contribution < 1.29 is 9.84 Å². The van der Waals surface area contributed by atoms with E-state index in [9.17, 15) is 5.11 Å². The van der Waals surface area contributed by atoms with Gasteiger partial charge >= 0.3 is 0 Å². The van der Waals surface area contributed by atoms with Gasteiger partial charge in [0.2, 0.25) is 0 Å². The third-order valence-corrected chi connectivity index (χ3v) is 2.69. The molecule has 0 saturated carbocycles. The van der Waals surface area contributed by atoms with Gasteiger partial charge in [-0.2, -0.15) is 5.10 Å². The normalized spacial score (nSPS) is 24.0. The molecule has 1 aliphatic heterocycles. The highest BCUT2D eigenvalue weighted by molar-refractivity contribution is 5.07. The second kappa shape index (κ2) is 4.11. The third-order valence-electron chi connectivity index (χ3n) is 2.69. The van der Waals surface area contributed by atoms with E-state index in [1.54, 1.807) is 10.9 Å². The number of hydrogen-bond donors (Lipinski definition) is 1. The number of aliphatic hydroxyl groups is 1. The molecule has 2 rings (SSSR count). The maximum atomic E-state index is 9.89. The number of aliphatic hydroxyl groups excluding tert-OH is 1. The van der Waals surface area contributed by atoms with Gasteiger partial charge in [0.05, 0.1) is 12.3 Å². The largest absolute Gasteiger partial charge is 0.388 e. The first-order valence-corrected chi connectivity index (χ1v) is 5.00. The van der Waals surface area contributed by atoms with E-state index in [1.165, 1.54) is 0 Å². The summed E-state index contributed by atoms with van der Waals surface area (Å²) in [5.41, 5.74) is 0.902. The number of hydrogen-bond acceptors (Lipinski definition) is 3. The van der Waals surface area contributed by atoms with Crippen LogP contribution in [0.2, 0.25) is 0 Å². The van der Waals surface area contributed by atoms with Crippen LogP contribution >= 0.6 is 0 Å². The minimum absolute atomic E-state index is 0.393. The average Bonchev–Trinajstić information content (AvgIpc) is 2.75. The summed E-state index contributed by atoms with van der Waals surface area (Å²) >= 11 is 0. The van der Waals surface area contributed by atoms with E-state index in [-0.39, 0.29) is 0 Å². The van der Waals surface area contributed by atoms with Crippen molar-refractivity contribution >= 4 is 0 Å². The number of ether oxygens (including phenoxy) is 1. The molecule has 1 aromatic heterocycles. The maximum absolute atomic E-state index is 9.89. The summed E-state index contributed by atoms with van der Waals surface area (Å²) in [6.45, 7) is 1.63. The summed E-state index contributed by atoms with van der Waals surface area (Å²) in [5, 5.41) is 13.9. The van der Waals surface area contributed by atoms with Gasteiger partial charge in [-0.3, -0.25) is 4.68 Å². The predicted octanol–water partition coefficient (Wildman–Crippen LogP) is 0.880. The molecule has 78 valence electrons. The van der Waals surface area contributed by atoms with Crippen molar-refractivity contribution in [3.63, 3.8) is 0 Å². The van der Waals surface area contributed by atoms with Crippen molar-refractivity contribution in [2.75, 3.05) is 13.2 Å². The van der Waals surface area contributed by atoms with Gasteiger partial charge in [0.1, 0.15) is 0 Å². The van der Waals surface area contributed by atoms with Crippen molar-refractivity contribution in [2.24, 2.45) is 13.0 Å². The molecule has 0 aliphatic carbocycles. The fourth-order valence-electron chi connectivity index (χ4n) is 1.83. The molecule has 0 radical (unpaired) electrons. The quantitative estimate of drug-likeness (QED) is 0.780. The molecule has 1 aliphatic rings. The second-order valence-electron chi connectivity index (χ2n) is 3.93. The van der Waals surface area contributed by atoms with E-state index < -0.39 is 6.10 Å². The Morgan fingerprint density at radius 1 is 1.79 bits per heavy atom. The Balaban J connectivity index is 1.91. The van der Waals surface area contributed by atoms with Gasteiger partial charge in [-0.1, -0.05) is 0 Å². The van der Waals surface area contributed by atoms with Gasteiger partial charge in [0.25, 0.3) is 0 Å². The highest BCUT2D eigenvalue weighted by Gasteiger charge is 2.20. The lowest BCUT2D eigenvalue weighted by atomic mass is 9.98. The molecular weight excluding hydrogens is 180 g/mol. The summed E-state index contributed by atoms with van der Waals surface area (Å²) in [5.74, 6) is 0.505. The minimum Gasteiger partial charge on any atom is -0.388 e. The molecule has 0 amide bonds. The van der Waals surface area contributed by atoms with Crippen LogP contribution in [-0.2, 0) is 11.8 Å². The molecule has 2 heterocycles. The molecule has 1 fully saturated rings. The predicted molar refractivity (Wildman–Crippen MR) is 51.7 cm³/mol. The molecule has 0 bridgehead atoms. The highest BCUT2D eigenvalue weighted by atomic mass is 16.5. The first-order valence-electron chi connectivity index (χ1n) is 5.00. The fourth-order valence-corrected chi connectivity index (χ4v) is 1.83. The molecular formula is C10H16N2O2. The van der Waals surface area contributed by atoms with Crippen LogP contribution in [0, 0.1) is 5.92 Å². The Morgan fingerprint density at radius 3 is 3.21 bits per heavy atom. The molecule has 4 heteroatoms. The molecule has 1 saturated heterocycles. The van der Waals surface area contributed by atoms with Crippen LogP contribution in [-0.4, -0.2) is 28.1 Å². The van der Waals surface area contributed by atoms with E-state index in [4.69, 9.17) is 4.74 Å². The van der Waals surface area contributed by atoms with Crippen LogP contribution in [0.15, 0.2) is 12.4 Å². The second-order valence-corrected chi connectivity index (χ2v) is 3.93. The molecule has 4 nitrogen and oxygen atoms in total. The van der Waals surface area contributed by atoms with Gasteiger partial charge in [0.15, 0.2) is 0 Å². The van der Waals surface area contributed by atoms with E-state index in [2.05, 4.69) is 5.10 Å². The topological polar surface area (TPSA) is 47.3 Å². The zero-order chi connectivity index (χ0) is 9.97. The maximum Gasteiger partial charge on any atom is 0.0824 e. The van der Waals surface area contributed by atoms with Crippen LogP contribution in [0.3, 0.4) is 0 Å².